The average Bonchev–Trinajstić information content (AvgIpc) is 3.02. The van der Waals surface area contributed by atoms with Gasteiger partial charge in [-0.25, -0.2) is 9.67 Å². The lowest BCUT2D eigenvalue weighted by molar-refractivity contribution is -0.137. The third-order valence-corrected chi connectivity index (χ3v) is 4.13. The van der Waals surface area contributed by atoms with Crippen molar-refractivity contribution >= 4 is 11.6 Å². The molecule has 136 valence electrons. The highest BCUT2D eigenvalue weighted by Crippen LogP contribution is 2.34. The molecule has 1 N–H and O–H groups in total. The number of nitrogens with one attached hydrogen (secondary N) is 1. The number of aromatic amines is 1. The molecule has 0 aliphatic heterocycles. The van der Waals surface area contributed by atoms with Crippen LogP contribution in [0, 0.1) is 6.92 Å². The Morgan fingerprint density at radius 2 is 1.96 bits per heavy atom. The number of H-pyrrole nitrogens is 1. The molecule has 0 saturated heterocycles. The van der Waals surface area contributed by atoms with E-state index in [-0.39, 0.29) is 10.6 Å². The van der Waals surface area contributed by atoms with Crippen LogP contribution in [0.1, 0.15) is 29.9 Å². The third-order valence-electron chi connectivity index (χ3n) is 3.81. The van der Waals surface area contributed by atoms with E-state index in [4.69, 9.17) is 11.6 Å². The van der Waals surface area contributed by atoms with E-state index in [1.165, 1.54) is 16.8 Å². The first-order valence-electron chi connectivity index (χ1n) is 7.52. The highest BCUT2D eigenvalue weighted by atomic mass is 35.5. The second kappa shape index (κ2) is 6.56. The number of aryl methyl sites for hydroxylation is 1. The van der Waals surface area contributed by atoms with Crippen LogP contribution in [0.4, 0.5) is 13.2 Å². The number of aromatic nitrogens is 5. The molecule has 0 amide bonds. The summed E-state index contributed by atoms with van der Waals surface area (Å²) in [5.74, 6) is 0.431. The van der Waals surface area contributed by atoms with Crippen molar-refractivity contribution in [1.29, 1.82) is 0 Å². The van der Waals surface area contributed by atoms with E-state index in [9.17, 15) is 18.0 Å². The highest BCUT2D eigenvalue weighted by Gasteiger charge is 2.31. The quantitative estimate of drug-likeness (QED) is 0.749. The summed E-state index contributed by atoms with van der Waals surface area (Å²) in [5, 5.41) is 7.93. The standard InChI is InChI=1S/C16H13ClF3N5O/c1-8(11-4-3-10(5-12(11)17)16(18,19)20)25-7-14(23-24-25)13-6-15(26)22-9(2)21-13/h3-8H,1-2H3,(H,21,22,26)/t8-/m1/s1. The van der Waals surface area contributed by atoms with E-state index in [1.807, 2.05) is 0 Å². The number of hydrogen-bond acceptors (Lipinski definition) is 4. The van der Waals surface area contributed by atoms with Crippen LogP contribution in [-0.4, -0.2) is 25.0 Å². The van der Waals surface area contributed by atoms with Gasteiger partial charge in [0.25, 0.3) is 5.56 Å². The van der Waals surface area contributed by atoms with E-state index >= 15 is 0 Å². The number of benzene rings is 1. The van der Waals surface area contributed by atoms with Gasteiger partial charge in [0, 0.05) is 11.1 Å². The number of hydrogen-bond donors (Lipinski definition) is 1. The third kappa shape index (κ3) is 3.62. The molecule has 26 heavy (non-hydrogen) atoms. The summed E-state index contributed by atoms with van der Waals surface area (Å²) in [4.78, 5) is 18.3. The van der Waals surface area contributed by atoms with Crippen LogP contribution in [0.2, 0.25) is 5.02 Å². The predicted molar refractivity (Wildman–Crippen MR) is 88.9 cm³/mol. The van der Waals surface area contributed by atoms with E-state index < -0.39 is 17.8 Å². The summed E-state index contributed by atoms with van der Waals surface area (Å²) >= 11 is 6.03. The monoisotopic (exact) mass is 383 g/mol. The number of rotatable bonds is 3. The van der Waals surface area contributed by atoms with Gasteiger partial charge in [-0.05, 0) is 31.5 Å². The first-order chi connectivity index (χ1) is 12.1. The van der Waals surface area contributed by atoms with Crippen LogP contribution in [0.25, 0.3) is 11.4 Å². The SMILES string of the molecule is Cc1nc(-c2cn([C@H](C)c3ccc(C(F)(F)F)cc3Cl)nn2)cc(=O)[nH]1. The first-order valence-corrected chi connectivity index (χ1v) is 7.90. The molecule has 0 spiro atoms. The second-order valence-corrected chi connectivity index (χ2v) is 6.12. The van der Waals surface area contributed by atoms with E-state index in [2.05, 4.69) is 20.3 Å². The fourth-order valence-electron chi connectivity index (χ4n) is 2.48. The van der Waals surface area contributed by atoms with Gasteiger partial charge in [-0.15, -0.1) is 5.10 Å². The second-order valence-electron chi connectivity index (χ2n) is 5.71. The van der Waals surface area contributed by atoms with Gasteiger partial charge in [0.1, 0.15) is 11.5 Å². The fourth-order valence-corrected chi connectivity index (χ4v) is 2.82. The van der Waals surface area contributed by atoms with Crippen LogP contribution in [0.15, 0.2) is 35.3 Å². The van der Waals surface area contributed by atoms with Crippen molar-refractivity contribution in [2.75, 3.05) is 0 Å². The van der Waals surface area contributed by atoms with Gasteiger partial charge in [-0.3, -0.25) is 4.79 Å². The summed E-state index contributed by atoms with van der Waals surface area (Å²) in [6, 6.07) is 3.99. The summed E-state index contributed by atoms with van der Waals surface area (Å²) in [6.45, 7) is 3.36. The Labute approximate surface area is 150 Å². The van der Waals surface area contributed by atoms with Crippen LogP contribution in [0.3, 0.4) is 0 Å². The molecule has 0 aliphatic rings. The number of nitrogens with zero attached hydrogens (tertiary/aromatic N) is 4. The molecule has 3 aromatic rings. The van der Waals surface area contributed by atoms with Gasteiger partial charge in [-0.1, -0.05) is 22.9 Å². The van der Waals surface area contributed by atoms with Crippen LogP contribution >= 0.6 is 11.6 Å². The minimum atomic E-state index is -4.46. The molecule has 2 heterocycles. The minimum Gasteiger partial charge on any atom is -0.311 e. The maximum absolute atomic E-state index is 12.8. The molecular weight excluding hydrogens is 371 g/mol. The summed E-state index contributed by atoms with van der Waals surface area (Å²) in [6.07, 6.45) is -2.91. The van der Waals surface area contributed by atoms with Crippen molar-refractivity contribution in [2.24, 2.45) is 0 Å². The lowest BCUT2D eigenvalue weighted by atomic mass is 10.1. The van der Waals surface area contributed by atoms with E-state index in [0.717, 1.165) is 12.1 Å². The minimum absolute atomic E-state index is 0.0190. The van der Waals surface area contributed by atoms with Crippen molar-refractivity contribution < 1.29 is 13.2 Å². The van der Waals surface area contributed by atoms with E-state index in [0.29, 0.717) is 22.8 Å². The molecule has 0 fully saturated rings. The van der Waals surface area contributed by atoms with Gasteiger partial charge in [0.2, 0.25) is 0 Å². The van der Waals surface area contributed by atoms with Crippen LogP contribution in [0.5, 0.6) is 0 Å². The molecule has 0 saturated carbocycles. The lowest BCUT2D eigenvalue weighted by Gasteiger charge is -2.15. The maximum Gasteiger partial charge on any atom is 0.416 e. The van der Waals surface area contributed by atoms with Crippen LogP contribution in [-0.2, 0) is 6.18 Å². The molecule has 2 aromatic heterocycles. The van der Waals surface area contributed by atoms with Gasteiger partial charge in [-0.2, -0.15) is 13.2 Å². The Kier molecular flexibility index (Phi) is 4.57. The first kappa shape index (κ1) is 18.1. The molecule has 6 nitrogen and oxygen atoms in total. The predicted octanol–water partition coefficient (Wildman–Crippen LogP) is 3.62. The summed E-state index contributed by atoms with van der Waals surface area (Å²) in [7, 11) is 0. The van der Waals surface area contributed by atoms with Crippen molar-refractivity contribution in [3.05, 3.63) is 62.8 Å². The zero-order chi connectivity index (χ0) is 19.1. The Bertz CT molecular complexity index is 1010. The molecule has 0 radical (unpaired) electrons. The van der Waals surface area contributed by atoms with E-state index in [1.54, 1.807) is 20.0 Å². The van der Waals surface area contributed by atoms with Crippen molar-refractivity contribution in [1.82, 2.24) is 25.0 Å². The molecule has 1 aromatic carbocycles. The van der Waals surface area contributed by atoms with Crippen molar-refractivity contribution in [2.45, 2.75) is 26.1 Å². The topological polar surface area (TPSA) is 76.5 Å². The molecule has 10 heteroatoms. The average molecular weight is 384 g/mol. The summed E-state index contributed by atoms with van der Waals surface area (Å²) < 4.78 is 39.7. The zero-order valence-electron chi connectivity index (χ0n) is 13.7. The van der Waals surface area contributed by atoms with Gasteiger partial charge < -0.3 is 4.98 Å². The highest BCUT2D eigenvalue weighted by molar-refractivity contribution is 6.31. The fraction of sp³-hybridized carbons (Fsp3) is 0.250. The molecule has 3 rings (SSSR count). The molecule has 1 atom stereocenters. The van der Waals surface area contributed by atoms with Gasteiger partial charge in [0.15, 0.2) is 0 Å². The molecular formula is C16H13ClF3N5O. The number of halogens is 4. The molecule has 0 bridgehead atoms. The Morgan fingerprint density at radius 1 is 1.23 bits per heavy atom. The normalized spacial score (nSPS) is 13.0. The van der Waals surface area contributed by atoms with Gasteiger partial charge >= 0.3 is 6.18 Å². The number of alkyl halides is 3. The maximum atomic E-state index is 12.8. The smallest absolute Gasteiger partial charge is 0.311 e. The van der Waals surface area contributed by atoms with Gasteiger partial charge in [0.05, 0.1) is 23.5 Å². The Balaban J connectivity index is 1.93. The Morgan fingerprint density at radius 3 is 2.58 bits per heavy atom. The molecule has 0 aliphatic carbocycles. The zero-order valence-corrected chi connectivity index (χ0v) is 14.4. The van der Waals surface area contributed by atoms with Crippen molar-refractivity contribution in [3.63, 3.8) is 0 Å². The lowest BCUT2D eigenvalue weighted by Crippen LogP contribution is -2.10. The molecule has 0 unspecified atom stereocenters. The Hall–Kier alpha value is -2.68. The van der Waals surface area contributed by atoms with Crippen molar-refractivity contribution in [3.8, 4) is 11.4 Å². The summed E-state index contributed by atoms with van der Waals surface area (Å²) in [5.41, 5.74) is 0.0465. The van der Waals surface area contributed by atoms with Crippen LogP contribution < -0.4 is 5.56 Å². The largest absolute Gasteiger partial charge is 0.416 e.